The molecule has 7 heteroatoms. The van der Waals surface area contributed by atoms with Gasteiger partial charge in [-0.1, -0.05) is 37.5 Å². The molecule has 24 heavy (non-hydrogen) atoms. The Morgan fingerprint density at radius 1 is 1.21 bits per heavy atom. The van der Waals surface area contributed by atoms with Crippen LogP contribution in [0, 0.1) is 5.82 Å². The minimum Gasteiger partial charge on any atom is -0.340 e. The normalized spacial score (nSPS) is 16.3. The van der Waals surface area contributed by atoms with Crippen LogP contribution >= 0.6 is 0 Å². The van der Waals surface area contributed by atoms with Gasteiger partial charge in [-0.2, -0.15) is 4.31 Å². The second-order valence-electron chi connectivity index (χ2n) is 6.44. The highest BCUT2D eigenvalue weighted by molar-refractivity contribution is 7.88. The van der Waals surface area contributed by atoms with Crippen LogP contribution in [-0.4, -0.2) is 49.4 Å². The third-order valence-corrected chi connectivity index (χ3v) is 5.77. The first-order valence-electron chi connectivity index (χ1n) is 8.23. The first kappa shape index (κ1) is 18.9. The lowest BCUT2D eigenvalue weighted by molar-refractivity contribution is -0.131. The molecule has 0 bridgehead atoms. The summed E-state index contributed by atoms with van der Waals surface area (Å²) in [7, 11) is -1.90. The summed E-state index contributed by atoms with van der Waals surface area (Å²) in [4.78, 5) is 13.8. The van der Waals surface area contributed by atoms with Crippen LogP contribution in [0.1, 0.15) is 37.7 Å². The van der Waals surface area contributed by atoms with Crippen LogP contribution in [0.25, 0.3) is 0 Å². The first-order valence-corrected chi connectivity index (χ1v) is 10.1. The molecule has 0 unspecified atom stereocenters. The topological polar surface area (TPSA) is 57.7 Å². The van der Waals surface area contributed by atoms with Gasteiger partial charge in [0.1, 0.15) is 5.82 Å². The second-order valence-corrected chi connectivity index (χ2v) is 8.38. The van der Waals surface area contributed by atoms with E-state index < -0.39 is 10.0 Å². The quantitative estimate of drug-likeness (QED) is 0.786. The van der Waals surface area contributed by atoms with Crippen LogP contribution in [0.5, 0.6) is 0 Å². The van der Waals surface area contributed by atoms with E-state index in [9.17, 15) is 17.6 Å². The average Bonchev–Trinajstić information content (AvgIpc) is 2.54. The summed E-state index contributed by atoms with van der Waals surface area (Å²) in [6, 6.07) is 6.16. The maximum atomic E-state index is 13.7. The molecule has 0 spiro atoms. The summed E-state index contributed by atoms with van der Waals surface area (Å²) >= 11 is 0. The summed E-state index contributed by atoms with van der Waals surface area (Å²) in [5.41, 5.74) is 0.414. The average molecular weight is 356 g/mol. The zero-order valence-corrected chi connectivity index (χ0v) is 15.1. The largest absolute Gasteiger partial charge is 0.340 e. The minimum atomic E-state index is -3.46. The summed E-state index contributed by atoms with van der Waals surface area (Å²) in [6.07, 6.45) is 5.79. The molecule has 1 saturated carbocycles. The SMILES string of the molecule is CN(Cc1ccccc1F)C(=O)CN(C1CCCCC1)S(C)(=O)=O. The van der Waals surface area contributed by atoms with E-state index >= 15 is 0 Å². The number of likely N-dealkylation sites (N-methyl/N-ethyl adjacent to an activating group) is 1. The number of nitrogens with zero attached hydrogens (tertiary/aromatic N) is 2. The van der Waals surface area contributed by atoms with Gasteiger partial charge in [-0.15, -0.1) is 0 Å². The third kappa shape index (κ3) is 5.01. The van der Waals surface area contributed by atoms with E-state index in [1.54, 1.807) is 25.2 Å². The molecule has 1 fully saturated rings. The van der Waals surface area contributed by atoms with Gasteiger partial charge in [-0.25, -0.2) is 12.8 Å². The number of hydrogen-bond acceptors (Lipinski definition) is 3. The van der Waals surface area contributed by atoms with E-state index in [0.717, 1.165) is 38.4 Å². The van der Waals surface area contributed by atoms with Crippen LogP contribution < -0.4 is 0 Å². The molecular weight excluding hydrogens is 331 g/mol. The van der Waals surface area contributed by atoms with Crippen molar-refractivity contribution < 1.29 is 17.6 Å². The van der Waals surface area contributed by atoms with Crippen molar-refractivity contribution in [3.63, 3.8) is 0 Å². The summed E-state index contributed by atoms with van der Waals surface area (Å²) in [5, 5.41) is 0. The highest BCUT2D eigenvalue weighted by Gasteiger charge is 2.30. The predicted molar refractivity (Wildman–Crippen MR) is 91.3 cm³/mol. The molecule has 0 N–H and O–H groups in total. The van der Waals surface area contributed by atoms with Gasteiger partial charge < -0.3 is 4.90 Å². The maximum Gasteiger partial charge on any atom is 0.237 e. The van der Waals surface area contributed by atoms with Gasteiger partial charge in [0.25, 0.3) is 0 Å². The van der Waals surface area contributed by atoms with Crippen molar-refractivity contribution in [2.24, 2.45) is 0 Å². The number of sulfonamides is 1. The molecule has 2 rings (SSSR count). The molecule has 0 radical (unpaired) electrons. The van der Waals surface area contributed by atoms with E-state index in [0.29, 0.717) is 5.56 Å². The second kappa shape index (κ2) is 8.07. The van der Waals surface area contributed by atoms with E-state index in [2.05, 4.69) is 0 Å². The van der Waals surface area contributed by atoms with E-state index in [1.165, 1.54) is 15.3 Å². The molecule has 0 aromatic heterocycles. The van der Waals surface area contributed by atoms with Gasteiger partial charge in [0.15, 0.2) is 0 Å². The Balaban J connectivity index is 2.05. The van der Waals surface area contributed by atoms with Gasteiger partial charge in [-0.3, -0.25) is 4.79 Å². The number of amides is 1. The van der Waals surface area contributed by atoms with Gasteiger partial charge in [0.05, 0.1) is 12.8 Å². The van der Waals surface area contributed by atoms with Crippen LogP contribution in [-0.2, 0) is 21.4 Å². The van der Waals surface area contributed by atoms with E-state index in [4.69, 9.17) is 0 Å². The highest BCUT2D eigenvalue weighted by atomic mass is 32.2. The Bertz CT molecular complexity index is 672. The fourth-order valence-corrected chi connectivity index (χ4v) is 4.21. The van der Waals surface area contributed by atoms with Gasteiger partial charge >= 0.3 is 0 Å². The maximum absolute atomic E-state index is 13.7. The van der Waals surface area contributed by atoms with Crippen LogP contribution in [0.2, 0.25) is 0 Å². The molecule has 1 aliphatic carbocycles. The van der Waals surface area contributed by atoms with Crippen molar-refractivity contribution in [1.29, 1.82) is 0 Å². The zero-order valence-electron chi connectivity index (χ0n) is 14.2. The molecule has 5 nitrogen and oxygen atoms in total. The zero-order chi connectivity index (χ0) is 17.7. The van der Waals surface area contributed by atoms with Crippen molar-refractivity contribution in [3.05, 3.63) is 35.6 Å². The third-order valence-electron chi connectivity index (χ3n) is 4.49. The van der Waals surface area contributed by atoms with Crippen LogP contribution in [0.3, 0.4) is 0 Å². The number of halogens is 1. The first-order chi connectivity index (χ1) is 11.3. The highest BCUT2D eigenvalue weighted by Crippen LogP contribution is 2.24. The van der Waals surface area contributed by atoms with Crippen molar-refractivity contribution in [2.75, 3.05) is 19.8 Å². The number of carbonyl (C=O) groups is 1. The molecule has 134 valence electrons. The predicted octanol–water partition coefficient (Wildman–Crippen LogP) is 2.38. The monoisotopic (exact) mass is 356 g/mol. The Hall–Kier alpha value is -1.47. The number of rotatable bonds is 6. The molecule has 0 saturated heterocycles. The molecule has 1 amide bonds. The van der Waals surface area contributed by atoms with Gasteiger partial charge in [-0.05, 0) is 18.9 Å². The lowest BCUT2D eigenvalue weighted by atomic mass is 9.95. The summed E-state index contributed by atoms with van der Waals surface area (Å²) < 4.78 is 39.2. The standard InChI is InChI=1S/C17H25FN2O3S/c1-19(12-14-8-6-7-11-16(14)18)17(21)13-20(24(2,22)23)15-9-4-3-5-10-15/h6-8,11,15H,3-5,9-10,12-13H2,1-2H3. The van der Waals surface area contributed by atoms with E-state index in [-0.39, 0.29) is 30.9 Å². The lowest BCUT2D eigenvalue weighted by Gasteiger charge is -2.33. The van der Waals surface area contributed by atoms with E-state index in [1.807, 2.05) is 0 Å². The van der Waals surface area contributed by atoms with Gasteiger partial charge in [0.2, 0.25) is 15.9 Å². The Kier molecular flexibility index (Phi) is 6.34. The number of hydrogen-bond donors (Lipinski definition) is 0. The number of benzene rings is 1. The Morgan fingerprint density at radius 3 is 2.42 bits per heavy atom. The van der Waals surface area contributed by atoms with Crippen molar-refractivity contribution in [1.82, 2.24) is 9.21 Å². The molecule has 0 atom stereocenters. The fraction of sp³-hybridized carbons (Fsp3) is 0.588. The summed E-state index contributed by atoms with van der Waals surface area (Å²) in [6.45, 7) is -0.0672. The molecule has 0 heterocycles. The fourth-order valence-electron chi connectivity index (χ4n) is 3.11. The molecule has 0 aliphatic heterocycles. The Morgan fingerprint density at radius 2 is 1.83 bits per heavy atom. The minimum absolute atomic E-state index is 0.112. The van der Waals surface area contributed by atoms with Crippen molar-refractivity contribution >= 4 is 15.9 Å². The smallest absolute Gasteiger partial charge is 0.237 e. The van der Waals surface area contributed by atoms with Crippen molar-refractivity contribution in [3.8, 4) is 0 Å². The molecule has 1 aromatic rings. The summed E-state index contributed by atoms with van der Waals surface area (Å²) in [5.74, 6) is -0.696. The molecule has 1 aromatic carbocycles. The molecule has 1 aliphatic rings. The molecular formula is C17H25FN2O3S. The van der Waals surface area contributed by atoms with Gasteiger partial charge in [0, 0.05) is 25.2 Å². The number of carbonyl (C=O) groups excluding carboxylic acids is 1. The Labute approximate surface area is 143 Å². The van der Waals surface area contributed by atoms with Crippen LogP contribution in [0.15, 0.2) is 24.3 Å². The lowest BCUT2D eigenvalue weighted by Crippen LogP contribution is -2.46. The van der Waals surface area contributed by atoms with Crippen molar-refractivity contribution in [2.45, 2.75) is 44.7 Å². The van der Waals surface area contributed by atoms with Crippen LogP contribution in [0.4, 0.5) is 4.39 Å².